The fourth-order valence-corrected chi connectivity index (χ4v) is 1.59. The number of aliphatic carboxylic acids is 1. The minimum atomic E-state index is -1.60. The van der Waals surface area contributed by atoms with Gasteiger partial charge in [0.2, 0.25) is 0 Å². The molecule has 0 bridgehead atoms. The maximum atomic E-state index is 11.5. The van der Waals surface area contributed by atoms with Crippen molar-refractivity contribution < 1.29 is 19.8 Å². The second kappa shape index (κ2) is 8.16. The Kier molecular flexibility index (Phi) is 6.52. The number of hydrogen-bond donors (Lipinski definition) is 4. The molecule has 6 heteroatoms. The van der Waals surface area contributed by atoms with Gasteiger partial charge in [-0.1, -0.05) is 25.5 Å². The summed E-state index contributed by atoms with van der Waals surface area (Å²) in [6, 6.07) is 6.91. The van der Waals surface area contributed by atoms with Crippen molar-refractivity contribution >= 4 is 17.7 Å². The number of amides is 2. The van der Waals surface area contributed by atoms with Crippen LogP contribution in [0.1, 0.15) is 25.3 Å². The van der Waals surface area contributed by atoms with E-state index in [4.69, 9.17) is 10.2 Å². The van der Waals surface area contributed by atoms with Crippen molar-refractivity contribution in [3.05, 3.63) is 29.8 Å². The lowest BCUT2D eigenvalue weighted by atomic mass is 10.1. The number of hydrogen-bond acceptors (Lipinski definition) is 3. The molecule has 1 aromatic rings. The number of aliphatic hydroxyl groups excluding tert-OH is 1. The third-order valence-electron chi connectivity index (χ3n) is 2.77. The minimum absolute atomic E-state index is 0.338. The molecule has 2 amide bonds. The largest absolute Gasteiger partial charge is 0.479 e. The molecule has 0 aliphatic carbocycles. The molecule has 0 heterocycles. The molecule has 0 aliphatic rings. The number of nitrogens with one attached hydrogen (secondary N) is 2. The highest BCUT2D eigenvalue weighted by Crippen LogP contribution is 2.11. The first-order valence-electron chi connectivity index (χ1n) is 6.57. The highest BCUT2D eigenvalue weighted by molar-refractivity contribution is 5.89. The van der Waals surface area contributed by atoms with Gasteiger partial charge in [-0.05, 0) is 30.5 Å². The first-order chi connectivity index (χ1) is 9.52. The highest BCUT2D eigenvalue weighted by atomic mass is 16.4. The zero-order valence-electron chi connectivity index (χ0n) is 11.4. The van der Waals surface area contributed by atoms with Gasteiger partial charge in [-0.3, -0.25) is 0 Å². The fourth-order valence-electron chi connectivity index (χ4n) is 1.59. The summed E-state index contributed by atoms with van der Waals surface area (Å²) in [5.74, 6) is -1.37. The molecule has 110 valence electrons. The summed E-state index contributed by atoms with van der Waals surface area (Å²) in [6.45, 7) is 1.79. The number of rotatable bonds is 7. The monoisotopic (exact) mass is 280 g/mol. The Morgan fingerprint density at radius 3 is 2.45 bits per heavy atom. The van der Waals surface area contributed by atoms with Gasteiger partial charge in [-0.2, -0.15) is 0 Å². The van der Waals surface area contributed by atoms with Crippen LogP contribution in [0.15, 0.2) is 24.3 Å². The minimum Gasteiger partial charge on any atom is -0.479 e. The van der Waals surface area contributed by atoms with Crippen molar-refractivity contribution in [3.63, 3.8) is 0 Å². The molecule has 1 rings (SSSR count). The van der Waals surface area contributed by atoms with E-state index in [9.17, 15) is 9.59 Å². The van der Waals surface area contributed by atoms with Crippen molar-refractivity contribution in [2.45, 2.75) is 32.3 Å². The van der Waals surface area contributed by atoms with Crippen LogP contribution < -0.4 is 10.6 Å². The molecule has 0 spiro atoms. The van der Waals surface area contributed by atoms with Crippen molar-refractivity contribution in [1.29, 1.82) is 0 Å². The summed E-state index contributed by atoms with van der Waals surface area (Å²) in [4.78, 5) is 21.8. The Labute approximate surface area is 117 Å². The van der Waals surface area contributed by atoms with Gasteiger partial charge < -0.3 is 20.8 Å². The van der Waals surface area contributed by atoms with Gasteiger partial charge in [-0.15, -0.1) is 0 Å². The smallest absolute Gasteiger partial charge is 0.334 e. The van der Waals surface area contributed by atoms with Crippen molar-refractivity contribution in [1.82, 2.24) is 5.32 Å². The topological polar surface area (TPSA) is 98.7 Å². The van der Waals surface area contributed by atoms with Gasteiger partial charge in [0.15, 0.2) is 6.10 Å². The summed E-state index contributed by atoms with van der Waals surface area (Å²) in [7, 11) is 0. The quantitative estimate of drug-likeness (QED) is 0.609. The predicted octanol–water partition coefficient (Wildman–Crippen LogP) is 1.60. The first-order valence-corrected chi connectivity index (χ1v) is 6.57. The van der Waals surface area contributed by atoms with Crippen LogP contribution in [0, 0.1) is 0 Å². The molecule has 0 aromatic heterocycles. The number of unbranched alkanes of at least 4 members (excludes halogenated alkanes) is 1. The molecule has 0 radical (unpaired) electrons. The van der Waals surface area contributed by atoms with Gasteiger partial charge in [-0.25, -0.2) is 9.59 Å². The van der Waals surface area contributed by atoms with E-state index < -0.39 is 18.1 Å². The molecule has 1 atom stereocenters. The van der Waals surface area contributed by atoms with Crippen LogP contribution in [-0.4, -0.2) is 34.9 Å². The van der Waals surface area contributed by atoms with E-state index in [0.717, 1.165) is 19.3 Å². The maximum Gasteiger partial charge on any atom is 0.334 e. The van der Waals surface area contributed by atoms with Gasteiger partial charge in [0.1, 0.15) is 0 Å². The summed E-state index contributed by atoms with van der Waals surface area (Å²) in [5, 5.41) is 22.3. The first kappa shape index (κ1) is 16.0. The molecule has 0 saturated heterocycles. The van der Waals surface area contributed by atoms with E-state index in [0.29, 0.717) is 5.69 Å². The Hall–Kier alpha value is -2.08. The van der Waals surface area contributed by atoms with Crippen LogP contribution in [0.4, 0.5) is 10.5 Å². The molecule has 4 N–H and O–H groups in total. The van der Waals surface area contributed by atoms with E-state index in [1.54, 1.807) is 12.1 Å². The van der Waals surface area contributed by atoms with E-state index in [2.05, 4.69) is 17.6 Å². The molecule has 6 nitrogen and oxygen atoms in total. The number of carbonyl (C=O) groups is 2. The van der Waals surface area contributed by atoms with E-state index in [1.807, 2.05) is 12.1 Å². The fraction of sp³-hybridized carbons (Fsp3) is 0.429. The van der Waals surface area contributed by atoms with Gasteiger partial charge in [0, 0.05) is 5.69 Å². The molecular weight excluding hydrogens is 260 g/mol. The Bertz CT molecular complexity index is 445. The Morgan fingerprint density at radius 2 is 1.90 bits per heavy atom. The van der Waals surface area contributed by atoms with Crippen LogP contribution in [0.2, 0.25) is 0 Å². The number of carboxylic acid groups (broad SMARTS) is 1. The van der Waals surface area contributed by atoms with E-state index in [-0.39, 0.29) is 6.54 Å². The second-order valence-electron chi connectivity index (χ2n) is 4.49. The second-order valence-corrected chi connectivity index (χ2v) is 4.49. The molecular formula is C14H20N2O4. The average Bonchev–Trinajstić information content (AvgIpc) is 2.44. The van der Waals surface area contributed by atoms with Crippen LogP contribution in [0.5, 0.6) is 0 Å². The SMILES string of the molecule is CCCCc1ccc(NC(=O)NCC(O)C(=O)O)cc1. The lowest BCUT2D eigenvalue weighted by Gasteiger charge is -2.10. The number of benzene rings is 1. The van der Waals surface area contributed by atoms with Gasteiger partial charge in [0.05, 0.1) is 6.54 Å². The van der Waals surface area contributed by atoms with Crippen molar-refractivity contribution in [3.8, 4) is 0 Å². The summed E-state index contributed by atoms with van der Waals surface area (Å²) >= 11 is 0. The molecule has 0 fully saturated rings. The predicted molar refractivity (Wildman–Crippen MR) is 75.7 cm³/mol. The number of anilines is 1. The van der Waals surface area contributed by atoms with Gasteiger partial charge in [0.25, 0.3) is 0 Å². The van der Waals surface area contributed by atoms with E-state index in [1.165, 1.54) is 5.56 Å². The number of carboxylic acids is 1. The van der Waals surface area contributed by atoms with Gasteiger partial charge >= 0.3 is 12.0 Å². The lowest BCUT2D eigenvalue weighted by Crippen LogP contribution is -2.38. The summed E-state index contributed by atoms with van der Waals surface area (Å²) in [5.41, 5.74) is 1.83. The normalized spacial score (nSPS) is 11.7. The third kappa shape index (κ3) is 5.71. The molecule has 1 unspecified atom stereocenters. The number of urea groups is 1. The molecule has 20 heavy (non-hydrogen) atoms. The standard InChI is InChI=1S/C14H20N2O4/c1-2-3-4-10-5-7-11(8-6-10)16-14(20)15-9-12(17)13(18)19/h5-8,12,17H,2-4,9H2,1H3,(H,18,19)(H2,15,16,20). The lowest BCUT2D eigenvalue weighted by molar-refractivity contribution is -0.146. The molecule has 0 aliphatic heterocycles. The van der Waals surface area contributed by atoms with Crippen LogP contribution in [0.25, 0.3) is 0 Å². The van der Waals surface area contributed by atoms with Crippen LogP contribution in [0.3, 0.4) is 0 Å². The number of aliphatic hydroxyl groups is 1. The zero-order chi connectivity index (χ0) is 15.0. The number of aryl methyl sites for hydroxylation is 1. The van der Waals surface area contributed by atoms with Crippen molar-refractivity contribution in [2.75, 3.05) is 11.9 Å². The van der Waals surface area contributed by atoms with Crippen LogP contribution >= 0.6 is 0 Å². The average molecular weight is 280 g/mol. The maximum absolute atomic E-state index is 11.5. The van der Waals surface area contributed by atoms with Crippen molar-refractivity contribution in [2.24, 2.45) is 0 Å². The van der Waals surface area contributed by atoms with Crippen LogP contribution in [-0.2, 0) is 11.2 Å². The zero-order valence-corrected chi connectivity index (χ0v) is 11.4. The number of carbonyl (C=O) groups excluding carboxylic acids is 1. The Morgan fingerprint density at radius 1 is 1.25 bits per heavy atom. The summed E-state index contributed by atoms with van der Waals surface area (Å²) < 4.78 is 0. The molecule has 1 aromatic carbocycles. The highest BCUT2D eigenvalue weighted by Gasteiger charge is 2.13. The summed E-state index contributed by atoms with van der Waals surface area (Å²) in [6.07, 6.45) is 1.67. The molecule has 0 saturated carbocycles. The third-order valence-corrected chi connectivity index (χ3v) is 2.77. The Balaban J connectivity index is 2.40. The van der Waals surface area contributed by atoms with E-state index >= 15 is 0 Å².